The summed E-state index contributed by atoms with van der Waals surface area (Å²) >= 11 is 0. The first-order chi connectivity index (χ1) is 4.63. The van der Waals surface area contributed by atoms with Gasteiger partial charge in [-0.3, -0.25) is 0 Å². The zero-order valence-electron chi connectivity index (χ0n) is 5.82. The maximum atomic E-state index is 10.4. The van der Waals surface area contributed by atoms with Crippen LogP contribution in [0.4, 0.5) is 4.79 Å². The highest BCUT2D eigenvalue weighted by Crippen LogP contribution is 2.16. The van der Waals surface area contributed by atoms with Gasteiger partial charge in [0.25, 0.3) is 0 Å². The highest BCUT2D eigenvalue weighted by molar-refractivity contribution is 5.65. The summed E-state index contributed by atoms with van der Waals surface area (Å²) in [6.07, 6.45) is -0.854. The van der Waals surface area contributed by atoms with Gasteiger partial charge in [0.15, 0.2) is 0 Å². The van der Waals surface area contributed by atoms with Crippen molar-refractivity contribution in [2.45, 2.75) is 25.5 Å². The van der Waals surface area contributed by atoms with Crippen LogP contribution in [0.15, 0.2) is 0 Å². The van der Waals surface area contributed by atoms with Crippen molar-refractivity contribution in [1.82, 2.24) is 4.90 Å². The second-order valence-electron chi connectivity index (χ2n) is 2.57. The summed E-state index contributed by atoms with van der Waals surface area (Å²) in [7, 11) is 0. The molecule has 1 saturated heterocycles. The van der Waals surface area contributed by atoms with Crippen molar-refractivity contribution < 1.29 is 15.0 Å². The Morgan fingerprint density at radius 1 is 1.70 bits per heavy atom. The first-order valence-electron chi connectivity index (χ1n) is 3.30. The largest absolute Gasteiger partial charge is 0.465 e. The summed E-state index contributed by atoms with van der Waals surface area (Å²) in [6, 6.07) is -0.238. The fraction of sp³-hybridized carbons (Fsp3) is 0.833. The first kappa shape index (κ1) is 7.34. The number of amides is 1. The standard InChI is InChI=1S/C6H11NO3/c1-4-5(8)2-3-7(4)6(9)10/h4-5,8H,2-3H2,1H3,(H,9,10)/t4-,5?/m1/s1. The Kier molecular flexibility index (Phi) is 1.80. The van der Waals surface area contributed by atoms with E-state index in [1.54, 1.807) is 6.92 Å². The number of hydrogen-bond acceptors (Lipinski definition) is 2. The van der Waals surface area contributed by atoms with Crippen LogP contribution >= 0.6 is 0 Å². The maximum Gasteiger partial charge on any atom is 0.407 e. The molecule has 0 spiro atoms. The molecule has 0 bridgehead atoms. The molecule has 1 aliphatic rings. The van der Waals surface area contributed by atoms with E-state index in [4.69, 9.17) is 10.2 Å². The van der Waals surface area contributed by atoms with Crippen LogP contribution in [0.25, 0.3) is 0 Å². The van der Waals surface area contributed by atoms with Gasteiger partial charge in [-0.25, -0.2) is 4.79 Å². The van der Waals surface area contributed by atoms with Crippen LogP contribution in [0.3, 0.4) is 0 Å². The van der Waals surface area contributed by atoms with Gasteiger partial charge in [-0.15, -0.1) is 0 Å². The normalized spacial score (nSPS) is 32.8. The lowest BCUT2D eigenvalue weighted by atomic mass is 10.2. The van der Waals surface area contributed by atoms with Gasteiger partial charge in [-0.05, 0) is 13.3 Å². The smallest absolute Gasteiger partial charge is 0.407 e. The van der Waals surface area contributed by atoms with Crippen molar-refractivity contribution in [1.29, 1.82) is 0 Å². The monoisotopic (exact) mass is 145 g/mol. The van der Waals surface area contributed by atoms with Gasteiger partial charge in [-0.2, -0.15) is 0 Å². The molecule has 0 aromatic rings. The SMILES string of the molecule is C[C@@H]1C(O)CCN1C(=O)O. The van der Waals surface area contributed by atoms with E-state index in [0.29, 0.717) is 13.0 Å². The molecule has 1 heterocycles. The third-order valence-electron chi connectivity index (χ3n) is 1.96. The molecular weight excluding hydrogens is 134 g/mol. The summed E-state index contributed by atoms with van der Waals surface area (Å²) < 4.78 is 0. The Bertz CT molecular complexity index is 148. The van der Waals surface area contributed by atoms with Gasteiger partial charge >= 0.3 is 6.09 Å². The molecule has 58 valence electrons. The van der Waals surface area contributed by atoms with Crippen LogP contribution in [0, 0.1) is 0 Å². The van der Waals surface area contributed by atoms with Crippen LogP contribution in [0.1, 0.15) is 13.3 Å². The molecule has 1 aliphatic heterocycles. The van der Waals surface area contributed by atoms with E-state index in [1.165, 1.54) is 4.90 Å². The first-order valence-corrected chi connectivity index (χ1v) is 3.30. The minimum Gasteiger partial charge on any atom is -0.465 e. The Hall–Kier alpha value is -0.770. The van der Waals surface area contributed by atoms with Crippen molar-refractivity contribution in [3.8, 4) is 0 Å². The van der Waals surface area contributed by atoms with Crippen molar-refractivity contribution in [2.24, 2.45) is 0 Å². The molecule has 0 aromatic carbocycles. The summed E-state index contributed by atoms with van der Waals surface area (Å²) in [5, 5.41) is 17.6. The molecule has 4 nitrogen and oxygen atoms in total. The van der Waals surface area contributed by atoms with Crippen molar-refractivity contribution in [3.05, 3.63) is 0 Å². The van der Waals surface area contributed by atoms with E-state index in [9.17, 15) is 4.79 Å². The molecule has 0 saturated carbocycles. The maximum absolute atomic E-state index is 10.4. The van der Waals surface area contributed by atoms with Gasteiger partial charge < -0.3 is 15.1 Å². The fourth-order valence-electron chi connectivity index (χ4n) is 1.19. The second-order valence-corrected chi connectivity index (χ2v) is 2.57. The molecule has 2 N–H and O–H groups in total. The van der Waals surface area contributed by atoms with Gasteiger partial charge in [-0.1, -0.05) is 0 Å². The third kappa shape index (κ3) is 1.07. The third-order valence-corrected chi connectivity index (χ3v) is 1.96. The number of rotatable bonds is 0. The van der Waals surface area contributed by atoms with Crippen LogP contribution in [0.2, 0.25) is 0 Å². The number of carboxylic acid groups (broad SMARTS) is 1. The lowest BCUT2D eigenvalue weighted by Crippen LogP contribution is -2.36. The molecule has 1 rings (SSSR count). The zero-order valence-corrected chi connectivity index (χ0v) is 5.82. The van der Waals surface area contributed by atoms with Crippen molar-refractivity contribution in [3.63, 3.8) is 0 Å². The number of likely N-dealkylation sites (tertiary alicyclic amines) is 1. The van der Waals surface area contributed by atoms with Gasteiger partial charge in [0, 0.05) is 6.54 Å². The summed E-state index contributed by atoms with van der Waals surface area (Å²) in [6.45, 7) is 2.17. The number of carbonyl (C=O) groups is 1. The predicted molar refractivity (Wildman–Crippen MR) is 34.8 cm³/mol. The summed E-state index contributed by atoms with van der Waals surface area (Å²) in [5.74, 6) is 0. The second kappa shape index (κ2) is 2.46. The van der Waals surface area contributed by atoms with E-state index in [-0.39, 0.29) is 6.04 Å². The molecular formula is C6H11NO3. The van der Waals surface area contributed by atoms with E-state index in [1.807, 2.05) is 0 Å². The van der Waals surface area contributed by atoms with E-state index in [2.05, 4.69) is 0 Å². The quantitative estimate of drug-likeness (QED) is 0.509. The molecule has 0 aliphatic carbocycles. The Labute approximate surface area is 59.1 Å². The highest BCUT2D eigenvalue weighted by atomic mass is 16.4. The minimum absolute atomic E-state index is 0.238. The molecule has 2 atom stereocenters. The summed E-state index contributed by atoms with van der Waals surface area (Å²) in [4.78, 5) is 11.6. The molecule has 10 heavy (non-hydrogen) atoms. The number of aliphatic hydroxyl groups is 1. The molecule has 1 amide bonds. The highest BCUT2D eigenvalue weighted by Gasteiger charge is 2.31. The van der Waals surface area contributed by atoms with Gasteiger partial charge in [0.2, 0.25) is 0 Å². The van der Waals surface area contributed by atoms with Crippen LogP contribution < -0.4 is 0 Å². The molecule has 0 aromatic heterocycles. The topological polar surface area (TPSA) is 60.8 Å². The summed E-state index contributed by atoms with van der Waals surface area (Å²) in [5.41, 5.74) is 0. The van der Waals surface area contributed by atoms with E-state index < -0.39 is 12.2 Å². The van der Waals surface area contributed by atoms with E-state index in [0.717, 1.165) is 0 Å². The Morgan fingerprint density at radius 2 is 2.30 bits per heavy atom. The minimum atomic E-state index is -0.941. The molecule has 0 radical (unpaired) electrons. The fourth-order valence-corrected chi connectivity index (χ4v) is 1.19. The predicted octanol–water partition coefficient (Wildman–Crippen LogP) is 0.120. The lowest BCUT2D eigenvalue weighted by Gasteiger charge is -2.18. The van der Waals surface area contributed by atoms with Crippen LogP contribution in [-0.2, 0) is 0 Å². The van der Waals surface area contributed by atoms with E-state index >= 15 is 0 Å². The van der Waals surface area contributed by atoms with Crippen molar-refractivity contribution >= 4 is 6.09 Å². The molecule has 1 unspecified atom stereocenters. The number of aliphatic hydroxyl groups excluding tert-OH is 1. The Balaban J connectivity index is 2.57. The molecule has 1 fully saturated rings. The van der Waals surface area contributed by atoms with Crippen molar-refractivity contribution in [2.75, 3.05) is 6.54 Å². The number of nitrogens with zero attached hydrogens (tertiary/aromatic N) is 1. The lowest BCUT2D eigenvalue weighted by molar-refractivity contribution is 0.108. The Morgan fingerprint density at radius 3 is 2.50 bits per heavy atom. The number of hydrogen-bond donors (Lipinski definition) is 2. The average molecular weight is 145 g/mol. The zero-order chi connectivity index (χ0) is 7.72. The van der Waals surface area contributed by atoms with Gasteiger partial charge in [0.05, 0.1) is 12.1 Å². The molecule has 4 heteroatoms. The van der Waals surface area contributed by atoms with Gasteiger partial charge in [0.1, 0.15) is 0 Å². The average Bonchev–Trinajstić information content (AvgIpc) is 2.14. The van der Waals surface area contributed by atoms with Crippen LogP contribution in [0.5, 0.6) is 0 Å². The van der Waals surface area contributed by atoms with Crippen LogP contribution in [-0.4, -0.2) is 39.9 Å².